The minimum Gasteiger partial charge on any atom is -0.458 e. The van der Waals surface area contributed by atoms with Crippen molar-refractivity contribution in [1.82, 2.24) is 0 Å². The number of ether oxygens (including phenoxy) is 1. The number of carbonyl (C=O) groups excluding carboxylic acids is 1. The van der Waals surface area contributed by atoms with Gasteiger partial charge in [-0.3, -0.25) is 4.79 Å². The molecule has 21 heavy (non-hydrogen) atoms. The Hall–Kier alpha value is -1.35. The van der Waals surface area contributed by atoms with Crippen molar-refractivity contribution in [3.63, 3.8) is 0 Å². The molecule has 2 N–H and O–H groups in total. The van der Waals surface area contributed by atoms with Crippen LogP contribution in [-0.2, 0) is 16.0 Å². The molecule has 1 aromatic carbocycles. The van der Waals surface area contributed by atoms with Gasteiger partial charge in [0.15, 0.2) is 0 Å². The SMILES string of the molecule is CC(=O)OC1(CN)CC(Cc2ccccc2)C(C(C)C)C1. The summed E-state index contributed by atoms with van der Waals surface area (Å²) in [7, 11) is 0. The number of hydrogen-bond acceptors (Lipinski definition) is 3. The topological polar surface area (TPSA) is 52.3 Å². The van der Waals surface area contributed by atoms with Crippen molar-refractivity contribution in [1.29, 1.82) is 0 Å². The van der Waals surface area contributed by atoms with Gasteiger partial charge in [0.05, 0.1) is 0 Å². The van der Waals surface area contributed by atoms with Crippen molar-refractivity contribution in [2.45, 2.75) is 45.6 Å². The first kappa shape index (κ1) is 16.0. The minimum atomic E-state index is -0.458. The fourth-order valence-electron chi connectivity index (χ4n) is 3.83. The summed E-state index contributed by atoms with van der Waals surface area (Å²) in [6.07, 6.45) is 2.80. The number of rotatable bonds is 5. The molecule has 3 unspecified atom stereocenters. The van der Waals surface area contributed by atoms with Crippen LogP contribution >= 0.6 is 0 Å². The van der Waals surface area contributed by atoms with Crippen LogP contribution in [0.5, 0.6) is 0 Å². The second-order valence-electron chi connectivity index (χ2n) is 6.75. The highest BCUT2D eigenvalue weighted by atomic mass is 16.6. The third-order valence-electron chi connectivity index (χ3n) is 4.78. The molecule has 0 heterocycles. The van der Waals surface area contributed by atoms with Crippen LogP contribution in [0, 0.1) is 17.8 Å². The first-order chi connectivity index (χ1) is 9.96. The van der Waals surface area contributed by atoms with Crippen LogP contribution < -0.4 is 5.73 Å². The Morgan fingerprint density at radius 2 is 2.00 bits per heavy atom. The maximum Gasteiger partial charge on any atom is 0.303 e. The normalized spacial score (nSPS) is 28.8. The fraction of sp³-hybridized carbons (Fsp3) is 0.611. The Balaban J connectivity index is 2.17. The predicted molar refractivity (Wildman–Crippen MR) is 84.7 cm³/mol. The molecule has 0 amide bonds. The summed E-state index contributed by atoms with van der Waals surface area (Å²) in [5.41, 5.74) is 6.85. The van der Waals surface area contributed by atoms with E-state index in [-0.39, 0.29) is 5.97 Å². The summed E-state index contributed by atoms with van der Waals surface area (Å²) in [5, 5.41) is 0. The van der Waals surface area contributed by atoms with E-state index < -0.39 is 5.60 Å². The second kappa shape index (κ2) is 6.61. The molecule has 2 rings (SSSR count). The molecule has 116 valence electrons. The number of esters is 1. The lowest BCUT2D eigenvalue weighted by Crippen LogP contribution is -2.40. The van der Waals surface area contributed by atoms with Crippen LogP contribution in [0.3, 0.4) is 0 Å². The lowest BCUT2D eigenvalue weighted by Gasteiger charge is -2.27. The predicted octanol–water partition coefficient (Wildman–Crippen LogP) is 3.17. The first-order valence-electron chi connectivity index (χ1n) is 7.89. The van der Waals surface area contributed by atoms with Gasteiger partial charge in [-0.25, -0.2) is 0 Å². The molecule has 0 saturated heterocycles. The molecular weight excluding hydrogens is 262 g/mol. The van der Waals surface area contributed by atoms with Crippen LogP contribution in [0.2, 0.25) is 0 Å². The third kappa shape index (κ3) is 3.85. The molecular formula is C18H27NO2. The smallest absolute Gasteiger partial charge is 0.303 e. The third-order valence-corrected chi connectivity index (χ3v) is 4.78. The lowest BCUT2D eigenvalue weighted by molar-refractivity contribution is -0.156. The molecule has 1 saturated carbocycles. The lowest BCUT2D eigenvalue weighted by atomic mass is 9.82. The van der Waals surface area contributed by atoms with Gasteiger partial charge < -0.3 is 10.5 Å². The van der Waals surface area contributed by atoms with Crippen LogP contribution in [0.25, 0.3) is 0 Å². The van der Waals surface area contributed by atoms with E-state index in [1.165, 1.54) is 12.5 Å². The molecule has 3 nitrogen and oxygen atoms in total. The minimum absolute atomic E-state index is 0.219. The fourth-order valence-corrected chi connectivity index (χ4v) is 3.83. The second-order valence-corrected chi connectivity index (χ2v) is 6.75. The number of nitrogens with two attached hydrogens (primary N) is 1. The van der Waals surface area contributed by atoms with E-state index in [1.807, 2.05) is 6.07 Å². The van der Waals surface area contributed by atoms with Gasteiger partial charge in [0.25, 0.3) is 0 Å². The Morgan fingerprint density at radius 3 is 2.52 bits per heavy atom. The summed E-state index contributed by atoms with van der Waals surface area (Å²) in [6.45, 7) is 6.40. The summed E-state index contributed by atoms with van der Waals surface area (Å²) in [4.78, 5) is 11.4. The zero-order valence-electron chi connectivity index (χ0n) is 13.3. The molecule has 3 heteroatoms. The summed E-state index contributed by atoms with van der Waals surface area (Å²) in [6, 6.07) is 10.5. The number of hydrogen-bond donors (Lipinski definition) is 1. The van der Waals surface area contributed by atoms with Gasteiger partial charge in [-0.1, -0.05) is 44.2 Å². The quantitative estimate of drug-likeness (QED) is 0.847. The summed E-state index contributed by atoms with van der Waals surface area (Å²) >= 11 is 0. The monoisotopic (exact) mass is 289 g/mol. The van der Waals surface area contributed by atoms with E-state index >= 15 is 0 Å². The average molecular weight is 289 g/mol. The molecule has 0 bridgehead atoms. The molecule has 1 aliphatic carbocycles. The maximum atomic E-state index is 11.4. The number of benzene rings is 1. The summed E-state index contributed by atoms with van der Waals surface area (Å²) in [5.74, 6) is 1.43. The molecule has 0 radical (unpaired) electrons. The highest BCUT2D eigenvalue weighted by Crippen LogP contribution is 2.46. The van der Waals surface area contributed by atoms with E-state index in [4.69, 9.17) is 10.5 Å². The van der Waals surface area contributed by atoms with Crippen LogP contribution in [0.1, 0.15) is 39.2 Å². The highest BCUT2D eigenvalue weighted by molar-refractivity contribution is 5.66. The standard InChI is InChI=1S/C18H27NO2/c1-13(2)17-11-18(12-19,21-14(3)20)10-16(17)9-15-7-5-4-6-8-15/h4-8,13,16-17H,9-12,19H2,1-3H3. The van der Waals surface area contributed by atoms with Crippen LogP contribution in [0.4, 0.5) is 0 Å². The summed E-state index contributed by atoms with van der Waals surface area (Å²) < 4.78 is 5.63. The Kier molecular flexibility index (Phi) is 5.04. The molecule has 0 aliphatic heterocycles. The van der Waals surface area contributed by atoms with Crippen molar-refractivity contribution in [2.75, 3.05) is 6.54 Å². The molecule has 1 fully saturated rings. The van der Waals surface area contributed by atoms with E-state index in [0.29, 0.717) is 24.3 Å². The van der Waals surface area contributed by atoms with Crippen molar-refractivity contribution in [3.05, 3.63) is 35.9 Å². The van der Waals surface area contributed by atoms with E-state index in [0.717, 1.165) is 19.3 Å². The molecule has 1 aliphatic rings. The van der Waals surface area contributed by atoms with Gasteiger partial charge in [-0.2, -0.15) is 0 Å². The van der Waals surface area contributed by atoms with Crippen LogP contribution in [-0.4, -0.2) is 18.1 Å². The van der Waals surface area contributed by atoms with E-state index in [9.17, 15) is 4.79 Å². The Bertz CT molecular complexity index is 471. The van der Waals surface area contributed by atoms with E-state index in [1.54, 1.807) is 0 Å². The van der Waals surface area contributed by atoms with Crippen molar-refractivity contribution < 1.29 is 9.53 Å². The van der Waals surface area contributed by atoms with Crippen molar-refractivity contribution in [2.24, 2.45) is 23.5 Å². The molecule has 1 aromatic rings. The zero-order chi connectivity index (χ0) is 15.5. The maximum absolute atomic E-state index is 11.4. The number of carbonyl (C=O) groups is 1. The van der Waals surface area contributed by atoms with Crippen LogP contribution in [0.15, 0.2) is 30.3 Å². The van der Waals surface area contributed by atoms with E-state index in [2.05, 4.69) is 38.1 Å². The molecule has 3 atom stereocenters. The van der Waals surface area contributed by atoms with Gasteiger partial charge in [0.2, 0.25) is 0 Å². The average Bonchev–Trinajstić information content (AvgIpc) is 2.78. The molecule has 0 spiro atoms. The zero-order valence-corrected chi connectivity index (χ0v) is 13.3. The van der Waals surface area contributed by atoms with Gasteiger partial charge in [0, 0.05) is 13.5 Å². The Morgan fingerprint density at radius 1 is 1.33 bits per heavy atom. The largest absolute Gasteiger partial charge is 0.458 e. The molecule has 0 aromatic heterocycles. The van der Waals surface area contributed by atoms with Gasteiger partial charge >= 0.3 is 5.97 Å². The van der Waals surface area contributed by atoms with Gasteiger partial charge in [-0.05, 0) is 42.6 Å². The Labute approximate surface area is 127 Å². The van der Waals surface area contributed by atoms with Crippen molar-refractivity contribution >= 4 is 5.97 Å². The highest BCUT2D eigenvalue weighted by Gasteiger charge is 2.47. The van der Waals surface area contributed by atoms with Gasteiger partial charge in [-0.15, -0.1) is 0 Å². The van der Waals surface area contributed by atoms with Crippen molar-refractivity contribution in [3.8, 4) is 0 Å². The van der Waals surface area contributed by atoms with Gasteiger partial charge in [0.1, 0.15) is 5.60 Å². The first-order valence-corrected chi connectivity index (χ1v) is 7.89.